The van der Waals surface area contributed by atoms with Gasteiger partial charge in [-0.15, -0.1) is 11.3 Å². The van der Waals surface area contributed by atoms with E-state index in [0.29, 0.717) is 5.69 Å². The highest BCUT2D eigenvalue weighted by atomic mass is 32.1. The van der Waals surface area contributed by atoms with Crippen LogP contribution >= 0.6 is 11.3 Å². The van der Waals surface area contributed by atoms with E-state index in [4.69, 9.17) is 4.74 Å². The fraction of sp³-hybridized carbons (Fsp3) is 0.579. The van der Waals surface area contributed by atoms with Crippen LogP contribution in [0.25, 0.3) is 10.2 Å². The van der Waals surface area contributed by atoms with E-state index in [-0.39, 0.29) is 17.9 Å². The van der Waals surface area contributed by atoms with Crippen molar-refractivity contribution in [3.05, 3.63) is 23.2 Å². The Morgan fingerprint density at radius 2 is 2.00 bits per heavy atom. The van der Waals surface area contributed by atoms with Gasteiger partial charge in [-0.25, -0.2) is 4.79 Å². The van der Waals surface area contributed by atoms with Gasteiger partial charge in [-0.3, -0.25) is 4.79 Å². The van der Waals surface area contributed by atoms with Crippen molar-refractivity contribution in [1.82, 2.24) is 9.88 Å². The Hall–Kier alpha value is -1.82. The van der Waals surface area contributed by atoms with Gasteiger partial charge in [0.15, 0.2) is 6.10 Å². The quantitative estimate of drug-likeness (QED) is 0.822. The minimum absolute atomic E-state index is 0.0751. The molecule has 1 N–H and O–H groups in total. The van der Waals surface area contributed by atoms with Gasteiger partial charge in [0.25, 0.3) is 5.91 Å². The highest BCUT2D eigenvalue weighted by Crippen LogP contribution is 2.25. The molecular formula is C19H26N2O3S. The Kier molecular flexibility index (Phi) is 5.47. The molecule has 1 atom stereocenters. The summed E-state index contributed by atoms with van der Waals surface area (Å²) in [6.07, 6.45) is 4.80. The van der Waals surface area contributed by atoms with Crippen LogP contribution in [-0.2, 0) is 16.6 Å². The molecule has 0 bridgehead atoms. The lowest BCUT2D eigenvalue weighted by molar-refractivity contribution is -0.133. The summed E-state index contributed by atoms with van der Waals surface area (Å²) in [6.45, 7) is 3.81. The minimum Gasteiger partial charge on any atom is -0.447 e. The number of ether oxygens (including phenoxy) is 1. The van der Waals surface area contributed by atoms with E-state index >= 15 is 0 Å². The summed E-state index contributed by atoms with van der Waals surface area (Å²) < 4.78 is 8.48. The number of esters is 1. The molecule has 0 aliphatic heterocycles. The van der Waals surface area contributed by atoms with Gasteiger partial charge in [0, 0.05) is 13.1 Å². The molecule has 0 aromatic carbocycles. The first-order valence-electron chi connectivity index (χ1n) is 9.01. The maximum absolute atomic E-state index is 12.6. The lowest BCUT2D eigenvalue weighted by Gasteiger charge is -2.27. The van der Waals surface area contributed by atoms with E-state index in [1.807, 2.05) is 43.0 Å². The lowest BCUT2D eigenvalue weighted by atomic mass is 9.95. The van der Waals surface area contributed by atoms with Crippen LogP contribution in [-0.4, -0.2) is 28.6 Å². The molecule has 0 radical (unpaired) electrons. The van der Waals surface area contributed by atoms with E-state index in [9.17, 15) is 9.59 Å². The molecule has 0 saturated heterocycles. The summed E-state index contributed by atoms with van der Waals surface area (Å²) >= 11 is 1.59. The lowest BCUT2D eigenvalue weighted by Crippen LogP contribution is -2.46. The molecule has 1 saturated carbocycles. The predicted molar refractivity (Wildman–Crippen MR) is 99.9 cm³/mol. The van der Waals surface area contributed by atoms with Crippen molar-refractivity contribution < 1.29 is 14.3 Å². The number of carbonyl (C=O) groups excluding carboxylic acids is 2. The molecule has 2 aromatic rings. The zero-order valence-corrected chi connectivity index (χ0v) is 15.9. The summed E-state index contributed by atoms with van der Waals surface area (Å²) in [5, 5.41) is 5.07. The SMILES string of the molecule is CC(C)[C@H](OC(=O)c1cc2sccc2n1C)C(=O)NC1CCCCC1. The van der Waals surface area contributed by atoms with Crippen molar-refractivity contribution in [1.29, 1.82) is 0 Å². The Bertz CT molecular complexity index is 756. The van der Waals surface area contributed by atoms with Crippen molar-refractivity contribution in [3.63, 3.8) is 0 Å². The molecular weight excluding hydrogens is 336 g/mol. The Labute approximate surface area is 152 Å². The molecule has 5 nitrogen and oxygen atoms in total. The normalized spacial score (nSPS) is 17.0. The van der Waals surface area contributed by atoms with E-state index in [1.165, 1.54) is 6.42 Å². The summed E-state index contributed by atoms with van der Waals surface area (Å²) in [6, 6.07) is 4.02. The number of rotatable bonds is 5. The first-order chi connectivity index (χ1) is 12.0. The number of amides is 1. The molecule has 0 unspecified atom stereocenters. The third-order valence-electron chi connectivity index (χ3n) is 4.92. The fourth-order valence-corrected chi connectivity index (χ4v) is 4.29. The minimum atomic E-state index is -0.762. The zero-order chi connectivity index (χ0) is 18.0. The van der Waals surface area contributed by atoms with E-state index in [1.54, 1.807) is 11.3 Å². The van der Waals surface area contributed by atoms with Gasteiger partial charge in [-0.05, 0) is 36.3 Å². The maximum atomic E-state index is 12.6. The molecule has 1 fully saturated rings. The number of thiophene rings is 1. The van der Waals surface area contributed by atoms with E-state index in [0.717, 1.165) is 35.9 Å². The van der Waals surface area contributed by atoms with Gasteiger partial charge in [0.1, 0.15) is 5.69 Å². The van der Waals surface area contributed by atoms with E-state index < -0.39 is 12.1 Å². The largest absolute Gasteiger partial charge is 0.447 e. The van der Waals surface area contributed by atoms with Gasteiger partial charge in [-0.2, -0.15) is 0 Å². The van der Waals surface area contributed by atoms with Gasteiger partial charge >= 0.3 is 5.97 Å². The monoisotopic (exact) mass is 362 g/mol. The van der Waals surface area contributed by atoms with Gasteiger partial charge in [0.2, 0.25) is 0 Å². The topological polar surface area (TPSA) is 60.3 Å². The van der Waals surface area contributed by atoms with Crippen LogP contribution < -0.4 is 5.32 Å². The molecule has 1 amide bonds. The molecule has 2 aromatic heterocycles. The summed E-state index contributed by atoms with van der Waals surface area (Å²) in [4.78, 5) is 25.3. The number of fused-ring (bicyclic) bond motifs is 1. The second-order valence-corrected chi connectivity index (χ2v) is 8.12. The molecule has 2 heterocycles. The fourth-order valence-electron chi connectivity index (χ4n) is 3.44. The average Bonchev–Trinajstić information content (AvgIpc) is 3.16. The van der Waals surface area contributed by atoms with Crippen LogP contribution in [0.4, 0.5) is 0 Å². The number of hydrogen-bond donors (Lipinski definition) is 1. The maximum Gasteiger partial charge on any atom is 0.355 e. The number of nitrogens with zero attached hydrogens (tertiary/aromatic N) is 1. The predicted octanol–water partition coefficient (Wildman–Crippen LogP) is 3.87. The first kappa shape index (κ1) is 18.0. The van der Waals surface area contributed by atoms with Crippen LogP contribution in [0.5, 0.6) is 0 Å². The number of aryl methyl sites for hydroxylation is 1. The molecule has 136 valence electrons. The summed E-state index contributed by atoms with van der Waals surface area (Å²) in [5.41, 5.74) is 1.49. The molecule has 6 heteroatoms. The average molecular weight is 362 g/mol. The molecule has 1 aliphatic rings. The van der Waals surface area contributed by atoms with Crippen molar-refractivity contribution >= 4 is 33.4 Å². The number of nitrogens with one attached hydrogen (secondary N) is 1. The Balaban J connectivity index is 1.70. The van der Waals surface area contributed by atoms with Gasteiger partial charge in [0.05, 0.1) is 10.2 Å². The van der Waals surface area contributed by atoms with Crippen LogP contribution in [0.3, 0.4) is 0 Å². The summed E-state index contributed by atoms with van der Waals surface area (Å²) in [5.74, 6) is -0.691. The Morgan fingerprint density at radius 1 is 1.28 bits per heavy atom. The van der Waals surface area contributed by atoms with Crippen molar-refractivity contribution in [2.75, 3.05) is 0 Å². The van der Waals surface area contributed by atoms with Crippen LogP contribution in [0, 0.1) is 5.92 Å². The smallest absolute Gasteiger partial charge is 0.355 e. The third kappa shape index (κ3) is 3.89. The highest BCUT2D eigenvalue weighted by molar-refractivity contribution is 7.17. The molecule has 25 heavy (non-hydrogen) atoms. The first-order valence-corrected chi connectivity index (χ1v) is 9.89. The molecule has 0 spiro atoms. The highest BCUT2D eigenvalue weighted by Gasteiger charge is 2.30. The van der Waals surface area contributed by atoms with Gasteiger partial charge < -0.3 is 14.6 Å². The van der Waals surface area contributed by atoms with Crippen molar-refractivity contribution in [2.24, 2.45) is 13.0 Å². The van der Waals surface area contributed by atoms with Crippen molar-refractivity contribution in [3.8, 4) is 0 Å². The third-order valence-corrected chi connectivity index (χ3v) is 5.78. The van der Waals surface area contributed by atoms with Gasteiger partial charge in [-0.1, -0.05) is 33.1 Å². The number of carbonyl (C=O) groups is 2. The molecule has 1 aliphatic carbocycles. The van der Waals surface area contributed by atoms with Crippen molar-refractivity contribution in [2.45, 2.75) is 58.1 Å². The summed E-state index contributed by atoms with van der Waals surface area (Å²) in [7, 11) is 1.85. The molecule has 3 rings (SSSR count). The van der Waals surface area contributed by atoms with Crippen LogP contribution in [0.2, 0.25) is 0 Å². The van der Waals surface area contributed by atoms with Crippen LogP contribution in [0.1, 0.15) is 56.4 Å². The van der Waals surface area contributed by atoms with E-state index in [2.05, 4.69) is 5.32 Å². The number of aromatic nitrogens is 1. The van der Waals surface area contributed by atoms with Crippen LogP contribution in [0.15, 0.2) is 17.5 Å². The standard InChI is InChI=1S/C19H26N2O3S/c1-12(2)17(18(22)20-13-7-5-4-6-8-13)24-19(23)15-11-16-14(21(15)3)9-10-25-16/h9-13,17H,4-8H2,1-3H3,(H,20,22)/t17-/m0/s1. The number of hydrogen-bond acceptors (Lipinski definition) is 4. The second kappa shape index (κ2) is 7.60. The second-order valence-electron chi connectivity index (χ2n) is 7.17. The Morgan fingerprint density at radius 3 is 2.64 bits per heavy atom. The zero-order valence-electron chi connectivity index (χ0n) is 15.1.